The van der Waals surface area contributed by atoms with Gasteiger partial charge in [0.05, 0.1) is 6.54 Å². The van der Waals surface area contributed by atoms with Crippen molar-refractivity contribution in [3.8, 4) is 0 Å². The molecule has 0 atom stereocenters. The molecule has 0 aliphatic heterocycles. The highest BCUT2D eigenvalue weighted by Gasteiger charge is 2.21. The first kappa shape index (κ1) is 11.3. The zero-order valence-electron chi connectivity index (χ0n) is 9.90. The molecule has 1 aromatic carbocycles. The van der Waals surface area contributed by atoms with E-state index in [4.69, 9.17) is 4.52 Å². The lowest BCUT2D eigenvalue weighted by atomic mass is 10.1. The van der Waals surface area contributed by atoms with Crippen molar-refractivity contribution in [1.82, 2.24) is 15.5 Å². The van der Waals surface area contributed by atoms with Crippen molar-refractivity contribution < 1.29 is 8.91 Å². The lowest BCUT2D eigenvalue weighted by Crippen LogP contribution is -2.15. The molecule has 2 aromatic rings. The summed E-state index contributed by atoms with van der Waals surface area (Å²) in [6, 6.07) is 6.95. The largest absolute Gasteiger partial charge is 0.338 e. The Morgan fingerprint density at radius 2 is 2.06 bits per heavy atom. The van der Waals surface area contributed by atoms with Crippen LogP contribution in [0.2, 0.25) is 0 Å². The molecule has 0 saturated heterocycles. The first-order valence-electron chi connectivity index (χ1n) is 6.09. The number of nitrogens with one attached hydrogen (secondary N) is 1. The van der Waals surface area contributed by atoms with Gasteiger partial charge >= 0.3 is 0 Å². The second kappa shape index (κ2) is 4.86. The quantitative estimate of drug-likeness (QED) is 0.878. The molecule has 1 N–H and O–H groups in total. The molecule has 0 radical (unpaired) electrons. The number of rotatable bonds is 5. The summed E-state index contributed by atoms with van der Waals surface area (Å²) < 4.78 is 17.9. The number of aromatic nitrogens is 2. The van der Waals surface area contributed by atoms with Crippen LogP contribution >= 0.6 is 0 Å². The lowest BCUT2D eigenvalue weighted by Gasteiger charge is -1.96. The van der Waals surface area contributed by atoms with Gasteiger partial charge in [0.2, 0.25) is 5.89 Å². The summed E-state index contributed by atoms with van der Waals surface area (Å²) >= 11 is 0. The topological polar surface area (TPSA) is 51.0 Å². The minimum Gasteiger partial charge on any atom is -0.338 e. The molecule has 1 aliphatic rings. The number of benzene rings is 1. The van der Waals surface area contributed by atoms with Crippen molar-refractivity contribution in [2.45, 2.75) is 31.8 Å². The standard InChI is InChI=1S/C13H14FN3O/c14-10-3-1-9(2-4-10)7-12-16-13(18-17-12)8-15-11-5-6-11/h1-4,11,15H,5-8H2. The fourth-order valence-electron chi connectivity index (χ4n) is 1.74. The molecule has 0 bridgehead atoms. The van der Waals surface area contributed by atoms with Crippen molar-refractivity contribution in [1.29, 1.82) is 0 Å². The molecule has 3 rings (SSSR count). The van der Waals surface area contributed by atoms with Gasteiger partial charge in [-0.1, -0.05) is 17.3 Å². The van der Waals surface area contributed by atoms with Crippen molar-refractivity contribution in [2.75, 3.05) is 0 Å². The van der Waals surface area contributed by atoms with E-state index in [1.54, 1.807) is 12.1 Å². The van der Waals surface area contributed by atoms with Crippen molar-refractivity contribution in [3.05, 3.63) is 47.4 Å². The van der Waals surface area contributed by atoms with Gasteiger partial charge in [-0.3, -0.25) is 0 Å². The van der Waals surface area contributed by atoms with Crippen molar-refractivity contribution >= 4 is 0 Å². The van der Waals surface area contributed by atoms with Gasteiger partial charge in [-0.15, -0.1) is 0 Å². The van der Waals surface area contributed by atoms with Crippen LogP contribution in [0.15, 0.2) is 28.8 Å². The smallest absolute Gasteiger partial charge is 0.240 e. The Balaban J connectivity index is 1.60. The van der Waals surface area contributed by atoms with Crippen LogP contribution in [0.25, 0.3) is 0 Å². The zero-order valence-corrected chi connectivity index (χ0v) is 9.90. The predicted molar refractivity (Wildman–Crippen MR) is 63.4 cm³/mol. The Morgan fingerprint density at radius 3 is 2.78 bits per heavy atom. The van der Waals surface area contributed by atoms with Gasteiger partial charge in [0.1, 0.15) is 5.82 Å². The Bertz CT molecular complexity index is 519. The third kappa shape index (κ3) is 2.92. The molecule has 4 nitrogen and oxygen atoms in total. The van der Waals surface area contributed by atoms with Gasteiger partial charge in [0.25, 0.3) is 0 Å². The van der Waals surface area contributed by atoms with Gasteiger partial charge < -0.3 is 9.84 Å². The maximum Gasteiger partial charge on any atom is 0.240 e. The van der Waals surface area contributed by atoms with Crippen LogP contribution < -0.4 is 5.32 Å². The predicted octanol–water partition coefficient (Wildman–Crippen LogP) is 2.05. The minimum atomic E-state index is -0.235. The fourth-order valence-corrected chi connectivity index (χ4v) is 1.74. The minimum absolute atomic E-state index is 0.235. The first-order chi connectivity index (χ1) is 8.79. The molecular formula is C13H14FN3O. The lowest BCUT2D eigenvalue weighted by molar-refractivity contribution is 0.363. The van der Waals surface area contributed by atoms with Crippen LogP contribution in [-0.2, 0) is 13.0 Å². The van der Waals surface area contributed by atoms with E-state index in [0.29, 0.717) is 30.7 Å². The number of hydrogen-bond acceptors (Lipinski definition) is 4. The summed E-state index contributed by atoms with van der Waals surface area (Å²) in [4.78, 5) is 4.29. The van der Waals surface area contributed by atoms with Crippen LogP contribution in [-0.4, -0.2) is 16.2 Å². The third-order valence-corrected chi connectivity index (χ3v) is 2.90. The molecule has 1 heterocycles. The summed E-state index contributed by atoms with van der Waals surface area (Å²) in [6.45, 7) is 0.626. The van der Waals surface area contributed by atoms with E-state index < -0.39 is 0 Å². The highest BCUT2D eigenvalue weighted by molar-refractivity contribution is 5.19. The second-order valence-electron chi connectivity index (χ2n) is 4.56. The molecule has 5 heteroatoms. The summed E-state index contributed by atoms with van der Waals surface area (Å²) in [5.41, 5.74) is 0.971. The van der Waals surface area contributed by atoms with Crippen LogP contribution in [0.1, 0.15) is 30.1 Å². The molecule has 0 amide bonds. The van der Waals surface area contributed by atoms with Gasteiger partial charge in [-0.25, -0.2) is 4.39 Å². The Hall–Kier alpha value is -1.75. The summed E-state index contributed by atoms with van der Waals surface area (Å²) in [5.74, 6) is 1.01. The molecule has 1 aliphatic carbocycles. The average Bonchev–Trinajstić information content (AvgIpc) is 3.10. The number of halogens is 1. The van der Waals surface area contributed by atoms with Crippen LogP contribution in [0, 0.1) is 5.82 Å². The fraction of sp³-hybridized carbons (Fsp3) is 0.385. The molecule has 1 fully saturated rings. The summed E-state index contributed by atoms with van der Waals surface area (Å²) in [6.07, 6.45) is 3.03. The highest BCUT2D eigenvalue weighted by atomic mass is 19.1. The summed E-state index contributed by atoms with van der Waals surface area (Å²) in [5, 5.41) is 7.22. The van der Waals surface area contributed by atoms with Crippen molar-refractivity contribution in [2.24, 2.45) is 0 Å². The van der Waals surface area contributed by atoms with E-state index in [1.165, 1.54) is 25.0 Å². The third-order valence-electron chi connectivity index (χ3n) is 2.90. The molecule has 0 unspecified atom stereocenters. The second-order valence-corrected chi connectivity index (χ2v) is 4.56. The van der Waals surface area contributed by atoms with Gasteiger partial charge in [-0.05, 0) is 30.5 Å². The normalized spacial score (nSPS) is 14.9. The molecule has 0 spiro atoms. The Labute approximate surface area is 104 Å². The van der Waals surface area contributed by atoms with Crippen LogP contribution in [0.4, 0.5) is 4.39 Å². The first-order valence-corrected chi connectivity index (χ1v) is 6.09. The Kier molecular flexibility index (Phi) is 3.06. The number of hydrogen-bond donors (Lipinski definition) is 1. The van der Waals surface area contributed by atoms with Crippen molar-refractivity contribution in [3.63, 3.8) is 0 Å². The molecule has 94 valence electrons. The van der Waals surface area contributed by atoms with E-state index in [1.807, 2.05) is 0 Å². The van der Waals surface area contributed by atoms with Crippen LogP contribution in [0.5, 0.6) is 0 Å². The molecule has 1 saturated carbocycles. The number of nitrogens with zero attached hydrogens (tertiary/aromatic N) is 2. The average molecular weight is 247 g/mol. The van der Waals surface area contributed by atoms with Gasteiger partial charge in [0, 0.05) is 12.5 Å². The van der Waals surface area contributed by atoms with E-state index in [2.05, 4.69) is 15.5 Å². The summed E-state index contributed by atoms with van der Waals surface area (Å²) in [7, 11) is 0. The SMILES string of the molecule is Fc1ccc(Cc2noc(CNC3CC3)n2)cc1. The van der Waals surface area contributed by atoms with E-state index in [0.717, 1.165) is 5.56 Å². The maximum atomic E-state index is 12.8. The highest BCUT2D eigenvalue weighted by Crippen LogP contribution is 2.19. The van der Waals surface area contributed by atoms with Gasteiger partial charge in [0.15, 0.2) is 5.82 Å². The zero-order chi connectivity index (χ0) is 12.4. The van der Waals surface area contributed by atoms with Crippen LogP contribution in [0.3, 0.4) is 0 Å². The van der Waals surface area contributed by atoms with E-state index in [-0.39, 0.29) is 5.82 Å². The van der Waals surface area contributed by atoms with E-state index >= 15 is 0 Å². The Morgan fingerprint density at radius 1 is 1.28 bits per heavy atom. The molecular weight excluding hydrogens is 233 g/mol. The molecule has 18 heavy (non-hydrogen) atoms. The van der Waals surface area contributed by atoms with E-state index in [9.17, 15) is 4.39 Å². The van der Waals surface area contributed by atoms with Gasteiger partial charge in [-0.2, -0.15) is 4.98 Å². The molecule has 1 aromatic heterocycles. The monoisotopic (exact) mass is 247 g/mol. The maximum absolute atomic E-state index is 12.8.